The van der Waals surface area contributed by atoms with E-state index in [1.165, 1.54) is 31.3 Å². The van der Waals surface area contributed by atoms with Crippen molar-refractivity contribution in [3.8, 4) is 0 Å². The average molecular weight is 287 g/mol. The van der Waals surface area contributed by atoms with Gasteiger partial charge in [-0.25, -0.2) is 4.39 Å². The van der Waals surface area contributed by atoms with Gasteiger partial charge < -0.3 is 16.4 Å². The monoisotopic (exact) mass is 287 g/mol. The Kier molecular flexibility index (Phi) is 4.18. The minimum atomic E-state index is -0.651. The molecule has 0 aliphatic heterocycles. The Morgan fingerprint density at radius 1 is 1.10 bits per heavy atom. The highest BCUT2D eigenvalue weighted by molar-refractivity contribution is 6.08. The average Bonchev–Trinajstić information content (AvgIpc) is 2.49. The fraction of sp³-hybridized carbons (Fsp3) is 0.0667. The lowest BCUT2D eigenvalue weighted by atomic mass is 10.1. The molecular formula is C15H14FN3O2. The zero-order chi connectivity index (χ0) is 15.4. The topological polar surface area (TPSA) is 84.2 Å². The second kappa shape index (κ2) is 6.04. The maximum absolute atomic E-state index is 13.3. The van der Waals surface area contributed by atoms with Crippen LogP contribution in [0.1, 0.15) is 20.7 Å². The van der Waals surface area contributed by atoms with Gasteiger partial charge in [-0.3, -0.25) is 9.59 Å². The number of nitrogens with one attached hydrogen (secondary N) is 2. The van der Waals surface area contributed by atoms with Crippen LogP contribution in [0, 0.1) is 5.82 Å². The van der Waals surface area contributed by atoms with Crippen molar-refractivity contribution in [3.05, 3.63) is 59.4 Å². The van der Waals surface area contributed by atoms with Gasteiger partial charge >= 0.3 is 0 Å². The highest BCUT2D eigenvalue weighted by atomic mass is 19.1. The number of hydrogen-bond acceptors (Lipinski definition) is 3. The lowest BCUT2D eigenvalue weighted by Crippen LogP contribution is -2.19. The van der Waals surface area contributed by atoms with Crippen LogP contribution in [0.3, 0.4) is 0 Å². The Morgan fingerprint density at radius 2 is 1.81 bits per heavy atom. The number of amides is 2. The molecule has 0 atom stereocenters. The van der Waals surface area contributed by atoms with Gasteiger partial charge in [0, 0.05) is 18.3 Å². The Balaban J connectivity index is 2.24. The molecule has 0 aliphatic rings. The van der Waals surface area contributed by atoms with Crippen LogP contribution in [0.5, 0.6) is 0 Å². The standard InChI is InChI=1S/C15H14FN3O2/c1-18-14(20)9-4-2-5-10(8-9)19-15(21)11-6-3-7-12(16)13(11)17/h2-8H,17H2,1H3,(H,18,20)(H,19,21). The number of halogens is 1. The number of nitrogens with two attached hydrogens (primary N) is 1. The lowest BCUT2D eigenvalue weighted by molar-refractivity contribution is 0.0961. The van der Waals surface area contributed by atoms with E-state index in [9.17, 15) is 14.0 Å². The lowest BCUT2D eigenvalue weighted by Gasteiger charge is -2.09. The summed E-state index contributed by atoms with van der Waals surface area (Å²) in [5.41, 5.74) is 6.19. The first-order chi connectivity index (χ1) is 10.0. The summed E-state index contributed by atoms with van der Waals surface area (Å²) >= 11 is 0. The molecular weight excluding hydrogens is 273 g/mol. The van der Waals surface area contributed by atoms with E-state index in [-0.39, 0.29) is 17.2 Å². The predicted octanol–water partition coefficient (Wildman–Crippen LogP) is 2.02. The summed E-state index contributed by atoms with van der Waals surface area (Å²) in [7, 11) is 1.51. The molecule has 2 aromatic rings. The quantitative estimate of drug-likeness (QED) is 0.755. The fourth-order valence-corrected chi connectivity index (χ4v) is 1.82. The van der Waals surface area contributed by atoms with Crippen molar-refractivity contribution in [3.63, 3.8) is 0 Å². The number of para-hydroxylation sites is 1. The summed E-state index contributed by atoms with van der Waals surface area (Å²) in [6.45, 7) is 0. The molecule has 0 saturated carbocycles. The van der Waals surface area contributed by atoms with Crippen molar-refractivity contribution in [1.29, 1.82) is 0 Å². The van der Waals surface area contributed by atoms with E-state index >= 15 is 0 Å². The number of hydrogen-bond donors (Lipinski definition) is 3. The highest BCUT2D eigenvalue weighted by Crippen LogP contribution is 2.18. The normalized spacial score (nSPS) is 10.0. The molecule has 0 aromatic heterocycles. The Labute approximate surface area is 121 Å². The zero-order valence-corrected chi connectivity index (χ0v) is 11.3. The van der Waals surface area contributed by atoms with Crippen LogP contribution in [0.15, 0.2) is 42.5 Å². The van der Waals surface area contributed by atoms with E-state index in [0.29, 0.717) is 11.3 Å². The molecule has 5 nitrogen and oxygen atoms in total. The van der Waals surface area contributed by atoms with Crippen molar-refractivity contribution < 1.29 is 14.0 Å². The molecule has 2 rings (SSSR count). The van der Waals surface area contributed by atoms with Gasteiger partial charge in [0.1, 0.15) is 5.82 Å². The first kappa shape index (κ1) is 14.5. The van der Waals surface area contributed by atoms with E-state index in [1.54, 1.807) is 18.2 Å². The third-order valence-corrected chi connectivity index (χ3v) is 2.91. The van der Waals surface area contributed by atoms with Crippen LogP contribution in [0.2, 0.25) is 0 Å². The van der Waals surface area contributed by atoms with E-state index < -0.39 is 11.7 Å². The summed E-state index contributed by atoms with van der Waals surface area (Å²) in [5, 5.41) is 5.07. The van der Waals surface area contributed by atoms with E-state index in [1.807, 2.05) is 0 Å². The number of rotatable bonds is 3. The highest BCUT2D eigenvalue weighted by Gasteiger charge is 2.13. The first-order valence-corrected chi connectivity index (χ1v) is 6.20. The van der Waals surface area contributed by atoms with E-state index in [0.717, 1.165) is 0 Å². The molecule has 108 valence electrons. The molecule has 0 fully saturated rings. The second-order valence-corrected chi connectivity index (χ2v) is 4.32. The Hall–Kier alpha value is -2.89. The summed E-state index contributed by atoms with van der Waals surface area (Å²) in [6.07, 6.45) is 0. The SMILES string of the molecule is CNC(=O)c1cccc(NC(=O)c2cccc(F)c2N)c1. The molecule has 2 amide bonds. The van der Waals surface area contributed by atoms with Crippen LogP contribution < -0.4 is 16.4 Å². The first-order valence-electron chi connectivity index (χ1n) is 6.20. The van der Waals surface area contributed by atoms with Gasteiger partial charge in [-0.05, 0) is 30.3 Å². The molecule has 4 N–H and O–H groups in total. The van der Waals surface area contributed by atoms with Crippen molar-refractivity contribution in [2.75, 3.05) is 18.1 Å². The number of carbonyl (C=O) groups is 2. The number of benzene rings is 2. The van der Waals surface area contributed by atoms with Crippen molar-refractivity contribution in [1.82, 2.24) is 5.32 Å². The minimum absolute atomic E-state index is 0.0420. The van der Waals surface area contributed by atoms with E-state index in [4.69, 9.17) is 5.73 Å². The van der Waals surface area contributed by atoms with Gasteiger partial charge in [-0.1, -0.05) is 12.1 Å². The molecule has 0 aliphatic carbocycles. The Bertz CT molecular complexity index is 701. The molecule has 0 spiro atoms. The van der Waals surface area contributed by atoms with Crippen molar-refractivity contribution in [2.24, 2.45) is 0 Å². The zero-order valence-electron chi connectivity index (χ0n) is 11.3. The van der Waals surface area contributed by atoms with Crippen molar-refractivity contribution in [2.45, 2.75) is 0 Å². The van der Waals surface area contributed by atoms with Gasteiger partial charge in [0.2, 0.25) is 0 Å². The van der Waals surface area contributed by atoms with Crippen LogP contribution in [-0.2, 0) is 0 Å². The Morgan fingerprint density at radius 3 is 2.52 bits per heavy atom. The third kappa shape index (κ3) is 3.17. The van der Waals surface area contributed by atoms with Gasteiger partial charge in [0.15, 0.2) is 0 Å². The minimum Gasteiger partial charge on any atom is -0.396 e. The molecule has 0 heterocycles. The van der Waals surface area contributed by atoms with E-state index in [2.05, 4.69) is 10.6 Å². The molecule has 0 bridgehead atoms. The maximum Gasteiger partial charge on any atom is 0.257 e. The second-order valence-electron chi connectivity index (χ2n) is 4.32. The molecule has 2 aromatic carbocycles. The molecule has 0 radical (unpaired) electrons. The summed E-state index contributed by atoms with van der Waals surface area (Å²) in [5.74, 6) is -1.46. The van der Waals surface area contributed by atoms with Gasteiger partial charge in [-0.15, -0.1) is 0 Å². The molecule has 21 heavy (non-hydrogen) atoms. The fourth-order valence-electron chi connectivity index (χ4n) is 1.82. The molecule has 0 saturated heterocycles. The smallest absolute Gasteiger partial charge is 0.257 e. The number of nitrogen functional groups attached to an aromatic ring is 1. The number of carbonyl (C=O) groups excluding carboxylic acids is 2. The van der Waals surface area contributed by atoms with Crippen LogP contribution in [0.25, 0.3) is 0 Å². The maximum atomic E-state index is 13.3. The van der Waals surface area contributed by atoms with Crippen LogP contribution >= 0.6 is 0 Å². The summed E-state index contributed by atoms with van der Waals surface area (Å²) < 4.78 is 13.3. The summed E-state index contributed by atoms with van der Waals surface area (Å²) in [6, 6.07) is 10.4. The molecule has 0 unspecified atom stereocenters. The van der Waals surface area contributed by atoms with Gasteiger partial charge in [0.25, 0.3) is 11.8 Å². The van der Waals surface area contributed by atoms with Gasteiger partial charge in [-0.2, -0.15) is 0 Å². The van der Waals surface area contributed by atoms with Crippen molar-refractivity contribution >= 4 is 23.2 Å². The molecule has 6 heteroatoms. The third-order valence-electron chi connectivity index (χ3n) is 2.91. The largest absolute Gasteiger partial charge is 0.396 e. The predicted molar refractivity (Wildman–Crippen MR) is 78.6 cm³/mol. The van der Waals surface area contributed by atoms with Crippen LogP contribution in [-0.4, -0.2) is 18.9 Å². The summed E-state index contributed by atoms with van der Waals surface area (Å²) in [4.78, 5) is 23.6. The number of anilines is 2. The van der Waals surface area contributed by atoms with Gasteiger partial charge in [0.05, 0.1) is 11.3 Å². The van der Waals surface area contributed by atoms with Crippen LogP contribution in [0.4, 0.5) is 15.8 Å².